The lowest BCUT2D eigenvalue weighted by atomic mass is 10.0. The molecule has 1 N–H and O–H groups in total. The molecule has 0 bridgehead atoms. The molecule has 0 spiro atoms. The quantitative estimate of drug-likeness (QED) is 0.853. The van der Waals surface area contributed by atoms with Crippen molar-refractivity contribution in [3.63, 3.8) is 0 Å². The predicted octanol–water partition coefficient (Wildman–Crippen LogP) is 4.80. The molecule has 2 rings (SSSR count). The molecule has 0 unspecified atom stereocenters. The number of carbonyl (C=O) groups is 1. The Morgan fingerprint density at radius 1 is 1.04 bits per heavy atom. The number of anilines is 1. The number of nitrogens with one attached hydrogen (secondary N) is 1. The highest BCUT2D eigenvalue weighted by molar-refractivity contribution is 5.94. The molecule has 2 aromatic rings. The summed E-state index contributed by atoms with van der Waals surface area (Å²) >= 11 is 0. The van der Waals surface area contributed by atoms with Gasteiger partial charge in [-0.2, -0.15) is 0 Å². The summed E-state index contributed by atoms with van der Waals surface area (Å²) in [5.41, 5.74) is 2.22. The zero-order valence-electron chi connectivity index (χ0n) is 14.2. The summed E-state index contributed by atoms with van der Waals surface area (Å²) < 4.78 is 31.9. The Morgan fingerprint density at radius 2 is 1.75 bits per heavy atom. The van der Waals surface area contributed by atoms with Gasteiger partial charge in [0.1, 0.15) is 5.75 Å². The second kappa shape index (κ2) is 7.43. The summed E-state index contributed by atoms with van der Waals surface area (Å²) in [7, 11) is 0. The van der Waals surface area contributed by atoms with E-state index in [9.17, 15) is 13.6 Å². The average molecular weight is 333 g/mol. The number of aryl methyl sites for hydroxylation is 1. The largest absolute Gasteiger partial charge is 0.481 e. The Kier molecular flexibility index (Phi) is 5.54. The summed E-state index contributed by atoms with van der Waals surface area (Å²) in [5.74, 6) is -1.50. The second-order valence-electron chi connectivity index (χ2n) is 6.07. The van der Waals surface area contributed by atoms with Crippen LogP contribution in [0.2, 0.25) is 0 Å². The lowest BCUT2D eigenvalue weighted by Gasteiger charge is -2.19. The van der Waals surface area contributed by atoms with E-state index in [0.29, 0.717) is 5.75 Å². The number of benzene rings is 2. The molecule has 2 aromatic carbocycles. The number of hydrogen-bond donors (Lipinski definition) is 1. The van der Waals surface area contributed by atoms with E-state index >= 15 is 0 Å². The molecule has 0 aliphatic carbocycles. The van der Waals surface area contributed by atoms with Crippen molar-refractivity contribution in [3.05, 3.63) is 59.2 Å². The van der Waals surface area contributed by atoms with Gasteiger partial charge in [-0.25, -0.2) is 8.78 Å². The number of hydrogen-bond acceptors (Lipinski definition) is 2. The van der Waals surface area contributed by atoms with Gasteiger partial charge in [0, 0.05) is 11.8 Å². The molecule has 1 atom stereocenters. The average Bonchev–Trinajstić information content (AvgIpc) is 2.50. The van der Waals surface area contributed by atoms with Crippen molar-refractivity contribution >= 4 is 11.6 Å². The monoisotopic (exact) mass is 333 g/mol. The molecule has 0 heterocycles. The molecule has 3 nitrogen and oxygen atoms in total. The summed E-state index contributed by atoms with van der Waals surface area (Å²) in [6.07, 6.45) is -0.780. The Labute approximate surface area is 140 Å². The van der Waals surface area contributed by atoms with Crippen molar-refractivity contribution in [3.8, 4) is 5.75 Å². The summed E-state index contributed by atoms with van der Waals surface area (Å²) in [6.45, 7) is 7.65. The smallest absolute Gasteiger partial charge is 0.265 e. The van der Waals surface area contributed by atoms with Crippen LogP contribution in [0.5, 0.6) is 5.75 Å². The second-order valence-corrected chi connectivity index (χ2v) is 6.07. The molecule has 1 amide bonds. The molecule has 0 fully saturated rings. The summed E-state index contributed by atoms with van der Waals surface area (Å²) in [6, 6.07) is 9.06. The molecule has 0 radical (unpaired) electrons. The van der Waals surface area contributed by atoms with Crippen molar-refractivity contribution in [2.45, 2.75) is 39.7 Å². The van der Waals surface area contributed by atoms with Crippen molar-refractivity contribution < 1.29 is 18.3 Å². The van der Waals surface area contributed by atoms with Gasteiger partial charge in [-0.05, 0) is 49.1 Å². The van der Waals surface area contributed by atoms with Crippen LogP contribution in [0.3, 0.4) is 0 Å². The van der Waals surface area contributed by atoms with E-state index < -0.39 is 23.6 Å². The Morgan fingerprint density at radius 3 is 2.38 bits per heavy atom. The minimum Gasteiger partial charge on any atom is -0.481 e. The van der Waals surface area contributed by atoms with Gasteiger partial charge in [-0.1, -0.05) is 26.0 Å². The first-order valence-electron chi connectivity index (χ1n) is 7.81. The fourth-order valence-electron chi connectivity index (χ4n) is 2.28. The third-order valence-corrected chi connectivity index (χ3v) is 3.65. The van der Waals surface area contributed by atoms with E-state index in [1.165, 1.54) is 6.07 Å². The maximum absolute atomic E-state index is 13.2. The minimum absolute atomic E-state index is 0.183. The first-order valence-corrected chi connectivity index (χ1v) is 7.81. The molecule has 0 saturated carbocycles. The summed E-state index contributed by atoms with van der Waals surface area (Å²) in [4.78, 5) is 12.2. The van der Waals surface area contributed by atoms with E-state index in [-0.39, 0.29) is 11.6 Å². The first kappa shape index (κ1) is 17.9. The van der Waals surface area contributed by atoms with Crippen LogP contribution >= 0.6 is 0 Å². The van der Waals surface area contributed by atoms with Crippen molar-refractivity contribution in [1.29, 1.82) is 0 Å². The topological polar surface area (TPSA) is 38.3 Å². The predicted molar refractivity (Wildman–Crippen MR) is 90.3 cm³/mol. The van der Waals surface area contributed by atoms with Crippen molar-refractivity contribution in [2.24, 2.45) is 0 Å². The Bertz CT molecular complexity index is 744. The van der Waals surface area contributed by atoms with Crippen LogP contribution in [-0.4, -0.2) is 12.0 Å². The van der Waals surface area contributed by atoms with Gasteiger partial charge in [-0.15, -0.1) is 0 Å². The van der Waals surface area contributed by atoms with Gasteiger partial charge >= 0.3 is 0 Å². The maximum atomic E-state index is 13.2. The maximum Gasteiger partial charge on any atom is 0.265 e. The van der Waals surface area contributed by atoms with Crippen LogP contribution in [0.4, 0.5) is 14.5 Å². The number of carbonyl (C=O) groups excluding carboxylic acids is 1. The number of amides is 1. The van der Waals surface area contributed by atoms with Gasteiger partial charge in [0.2, 0.25) is 0 Å². The van der Waals surface area contributed by atoms with E-state index in [1.54, 1.807) is 6.92 Å². The summed E-state index contributed by atoms with van der Waals surface area (Å²) in [5, 5.41) is 2.52. The molecule has 0 saturated heterocycles. The van der Waals surface area contributed by atoms with Crippen LogP contribution in [0.1, 0.15) is 37.8 Å². The van der Waals surface area contributed by atoms with Gasteiger partial charge in [-0.3, -0.25) is 4.79 Å². The Balaban J connectivity index is 2.11. The SMILES string of the molecule is Cc1ccc(C(C)C)c(O[C@H](C)C(=O)Nc2ccc(F)c(F)c2)c1. The van der Waals surface area contributed by atoms with Crippen molar-refractivity contribution in [2.75, 3.05) is 5.32 Å². The van der Waals surface area contributed by atoms with Crippen LogP contribution in [0, 0.1) is 18.6 Å². The van der Waals surface area contributed by atoms with Crippen molar-refractivity contribution in [1.82, 2.24) is 0 Å². The highest BCUT2D eigenvalue weighted by atomic mass is 19.2. The molecule has 128 valence electrons. The minimum atomic E-state index is -1.01. The lowest BCUT2D eigenvalue weighted by Crippen LogP contribution is -2.30. The molecular weight excluding hydrogens is 312 g/mol. The van der Waals surface area contributed by atoms with E-state index in [2.05, 4.69) is 5.32 Å². The highest BCUT2D eigenvalue weighted by Crippen LogP contribution is 2.28. The lowest BCUT2D eigenvalue weighted by molar-refractivity contribution is -0.122. The van der Waals surface area contributed by atoms with Crippen LogP contribution in [0.15, 0.2) is 36.4 Å². The molecule has 0 aliphatic heterocycles. The number of ether oxygens (including phenoxy) is 1. The first-order chi connectivity index (χ1) is 11.3. The molecule has 0 aliphatic rings. The molecule has 0 aromatic heterocycles. The standard InChI is InChI=1S/C19H21F2NO2/c1-11(2)15-7-5-12(3)9-18(15)24-13(4)19(23)22-14-6-8-16(20)17(21)10-14/h5-11,13H,1-4H3,(H,22,23)/t13-/m1/s1. The zero-order chi connectivity index (χ0) is 17.9. The molecule has 24 heavy (non-hydrogen) atoms. The van der Waals surface area contributed by atoms with Gasteiger partial charge < -0.3 is 10.1 Å². The zero-order valence-corrected chi connectivity index (χ0v) is 14.2. The van der Waals surface area contributed by atoms with E-state index in [1.807, 2.05) is 39.0 Å². The van der Waals surface area contributed by atoms with Gasteiger partial charge in [0.15, 0.2) is 17.7 Å². The third-order valence-electron chi connectivity index (χ3n) is 3.65. The Hall–Kier alpha value is -2.43. The van der Waals surface area contributed by atoms with Crippen LogP contribution in [0.25, 0.3) is 0 Å². The number of rotatable bonds is 5. The fourth-order valence-corrected chi connectivity index (χ4v) is 2.28. The van der Waals surface area contributed by atoms with Gasteiger partial charge in [0.25, 0.3) is 5.91 Å². The van der Waals surface area contributed by atoms with E-state index in [4.69, 9.17) is 4.74 Å². The number of halogens is 2. The highest BCUT2D eigenvalue weighted by Gasteiger charge is 2.18. The van der Waals surface area contributed by atoms with E-state index in [0.717, 1.165) is 23.3 Å². The normalized spacial score (nSPS) is 12.1. The molecule has 5 heteroatoms. The van der Waals surface area contributed by atoms with Gasteiger partial charge in [0.05, 0.1) is 0 Å². The molecular formula is C19H21F2NO2. The van der Waals surface area contributed by atoms with Crippen LogP contribution < -0.4 is 10.1 Å². The van der Waals surface area contributed by atoms with Crippen LogP contribution in [-0.2, 0) is 4.79 Å². The third kappa shape index (κ3) is 4.31. The fraction of sp³-hybridized carbons (Fsp3) is 0.316.